The molecule has 0 fully saturated rings. The van der Waals surface area contributed by atoms with Gasteiger partial charge in [0.15, 0.2) is 0 Å². The fourth-order valence-corrected chi connectivity index (χ4v) is 2.78. The topological polar surface area (TPSA) is 32.9 Å². The van der Waals surface area contributed by atoms with Crippen molar-refractivity contribution in [3.8, 4) is 10.4 Å². The molecule has 0 radical (unpaired) electrons. The van der Waals surface area contributed by atoms with Gasteiger partial charge in [-0.05, 0) is 29.1 Å². The molecule has 0 aliphatic carbocycles. The fourth-order valence-electron chi connectivity index (χ4n) is 1.72. The van der Waals surface area contributed by atoms with Crippen molar-refractivity contribution in [2.75, 3.05) is 0 Å². The molecular weight excluding hydrogens is 218 g/mol. The maximum absolute atomic E-state index is 11.2. The van der Waals surface area contributed by atoms with Gasteiger partial charge in [0.25, 0.3) is 0 Å². The highest BCUT2D eigenvalue weighted by Crippen LogP contribution is 2.32. The van der Waals surface area contributed by atoms with Gasteiger partial charge in [0, 0.05) is 21.8 Å². The molecule has 1 aromatic carbocycles. The first-order valence-electron chi connectivity index (χ1n) is 5.01. The van der Waals surface area contributed by atoms with E-state index in [4.69, 9.17) is 0 Å². The number of fused-ring (bicyclic) bond motifs is 1. The minimum Gasteiger partial charge on any atom is -0.329 e. The number of aromatic nitrogens is 1. The lowest BCUT2D eigenvalue weighted by atomic mass is 10.2. The van der Waals surface area contributed by atoms with Crippen molar-refractivity contribution in [1.29, 1.82) is 0 Å². The third-order valence-electron chi connectivity index (χ3n) is 2.49. The standard InChI is InChI=1S/C13H9NOS/c15-13-8-10(5-6-14-13)12-7-9-3-1-2-4-11(9)16-12/h1-8H,(H,14,15). The second-order valence-corrected chi connectivity index (χ2v) is 4.67. The van der Waals surface area contributed by atoms with E-state index in [1.807, 2.05) is 18.2 Å². The third kappa shape index (κ3) is 1.55. The fraction of sp³-hybridized carbons (Fsp3) is 0. The van der Waals surface area contributed by atoms with Gasteiger partial charge in [-0.2, -0.15) is 0 Å². The number of benzene rings is 1. The zero-order valence-corrected chi connectivity index (χ0v) is 9.25. The number of nitrogens with one attached hydrogen (secondary N) is 1. The van der Waals surface area contributed by atoms with Crippen LogP contribution in [0.2, 0.25) is 0 Å². The van der Waals surface area contributed by atoms with Crippen LogP contribution in [0.25, 0.3) is 20.5 Å². The molecule has 2 heterocycles. The predicted molar refractivity (Wildman–Crippen MR) is 67.9 cm³/mol. The summed E-state index contributed by atoms with van der Waals surface area (Å²) in [5, 5.41) is 1.22. The van der Waals surface area contributed by atoms with Gasteiger partial charge in [0.05, 0.1) is 0 Å². The summed E-state index contributed by atoms with van der Waals surface area (Å²) < 4.78 is 1.25. The van der Waals surface area contributed by atoms with E-state index < -0.39 is 0 Å². The minimum atomic E-state index is -0.0602. The zero-order valence-electron chi connectivity index (χ0n) is 8.44. The molecule has 0 aliphatic rings. The molecule has 2 aromatic heterocycles. The van der Waals surface area contributed by atoms with Gasteiger partial charge in [0.2, 0.25) is 5.56 Å². The summed E-state index contributed by atoms with van der Waals surface area (Å²) >= 11 is 1.71. The normalized spacial score (nSPS) is 10.8. The quantitative estimate of drug-likeness (QED) is 0.680. The number of rotatable bonds is 1. The molecule has 1 N–H and O–H groups in total. The van der Waals surface area contributed by atoms with E-state index in [1.54, 1.807) is 23.6 Å². The molecule has 0 saturated carbocycles. The zero-order chi connectivity index (χ0) is 11.0. The molecule has 0 spiro atoms. The summed E-state index contributed by atoms with van der Waals surface area (Å²) in [6.45, 7) is 0. The highest BCUT2D eigenvalue weighted by atomic mass is 32.1. The summed E-state index contributed by atoms with van der Waals surface area (Å²) in [5.74, 6) is 0. The van der Waals surface area contributed by atoms with Crippen LogP contribution in [0.15, 0.2) is 53.5 Å². The maximum atomic E-state index is 11.2. The number of H-pyrrole nitrogens is 1. The lowest BCUT2D eigenvalue weighted by Gasteiger charge is -1.93. The van der Waals surface area contributed by atoms with Crippen LogP contribution < -0.4 is 5.56 Å². The Labute approximate surface area is 96.2 Å². The Morgan fingerprint density at radius 2 is 1.94 bits per heavy atom. The second-order valence-electron chi connectivity index (χ2n) is 3.59. The maximum Gasteiger partial charge on any atom is 0.248 e. The molecule has 2 nitrogen and oxygen atoms in total. The molecule has 16 heavy (non-hydrogen) atoms. The molecule has 0 atom stereocenters. The molecule has 0 unspecified atom stereocenters. The van der Waals surface area contributed by atoms with Crippen LogP contribution in [0.3, 0.4) is 0 Å². The summed E-state index contributed by atoms with van der Waals surface area (Å²) in [6, 6.07) is 13.9. The molecule has 3 rings (SSSR count). The van der Waals surface area contributed by atoms with E-state index in [1.165, 1.54) is 10.1 Å². The van der Waals surface area contributed by atoms with Crippen molar-refractivity contribution in [3.63, 3.8) is 0 Å². The minimum absolute atomic E-state index is 0.0602. The molecule has 78 valence electrons. The predicted octanol–water partition coefficient (Wildman–Crippen LogP) is 3.26. The van der Waals surface area contributed by atoms with Gasteiger partial charge in [-0.15, -0.1) is 11.3 Å². The van der Waals surface area contributed by atoms with Crippen LogP contribution in [0.1, 0.15) is 0 Å². The summed E-state index contributed by atoms with van der Waals surface area (Å²) in [4.78, 5) is 15.0. The molecule has 0 aliphatic heterocycles. The van der Waals surface area contributed by atoms with Gasteiger partial charge in [0.1, 0.15) is 0 Å². The van der Waals surface area contributed by atoms with Gasteiger partial charge < -0.3 is 4.98 Å². The van der Waals surface area contributed by atoms with Crippen molar-refractivity contribution in [2.45, 2.75) is 0 Å². The first-order valence-corrected chi connectivity index (χ1v) is 5.82. The Kier molecular flexibility index (Phi) is 2.11. The molecule has 0 saturated heterocycles. The van der Waals surface area contributed by atoms with Crippen LogP contribution in [-0.4, -0.2) is 4.98 Å². The Morgan fingerprint density at radius 3 is 2.75 bits per heavy atom. The van der Waals surface area contributed by atoms with Gasteiger partial charge in [-0.1, -0.05) is 18.2 Å². The smallest absolute Gasteiger partial charge is 0.248 e. The number of aromatic amines is 1. The van der Waals surface area contributed by atoms with Crippen molar-refractivity contribution in [1.82, 2.24) is 4.98 Å². The average molecular weight is 227 g/mol. The third-order valence-corrected chi connectivity index (χ3v) is 3.65. The first kappa shape index (κ1) is 9.36. The van der Waals surface area contributed by atoms with E-state index in [0.29, 0.717) is 0 Å². The van der Waals surface area contributed by atoms with E-state index in [9.17, 15) is 4.79 Å². The Balaban J connectivity index is 2.23. The van der Waals surface area contributed by atoms with Crippen LogP contribution in [0.4, 0.5) is 0 Å². The van der Waals surface area contributed by atoms with E-state index >= 15 is 0 Å². The molecule has 3 heteroatoms. The Hall–Kier alpha value is -1.87. The molecule has 3 aromatic rings. The number of hydrogen-bond acceptors (Lipinski definition) is 2. The Bertz CT molecular complexity index is 663. The number of pyridine rings is 1. The van der Waals surface area contributed by atoms with Gasteiger partial charge in [-0.25, -0.2) is 0 Å². The van der Waals surface area contributed by atoms with Crippen molar-refractivity contribution >= 4 is 21.4 Å². The van der Waals surface area contributed by atoms with Crippen molar-refractivity contribution in [2.24, 2.45) is 0 Å². The van der Waals surface area contributed by atoms with Gasteiger partial charge >= 0.3 is 0 Å². The van der Waals surface area contributed by atoms with Crippen molar-refractivity contribution < 1.29 is 0 Å². The molecule has 0 bridgehead atoms. The number of hydrogen-bond donors (Lipinski definition) is 1. The molecular formula is C13H9NOS. The van der Waals surface area contributed by atoms with Crippen LogP contribution in [0.5, 0.6) is 0 Å². The summed E-state index contributed by atoms with van der Waals surface area (Å²) in [6.07, 6.45) is 1.68. The number of thiophene rings is 1. The van der Waals surface area contributed by atoms with Crippen LogP contribution >= 0.6 is 11.3 Å². The highest BCUT2D eigenvalue weighted by molar-refractivity contribution is 7.22. The van der Waals surface area contributed by atoms with Crippen molar-refractivity contribution in [3.05, 3.63) is 59.0 Å². The van der Waals surface area contributed by atoms with Gasteiger partial charge in [-0.3, -0.25) is 4.79 Å². The van der Waals surface area contributed by atoms with Crippen LogP contribution in [-0.2, 0) is 0 Å². The lowest BCUT2D eigenvalue weighted by molar-refractivity contribution is 1.24. The monoisotopic (exact) mass is 227 g/mol. The highest BCUT2D eigenvalue weighted by Gasteiger charge is 2.03. The molecule has 0 amide bonds. The van der Waals surface area contributed by atoms with Crippen LogP contribution in [0, 0.1) is 0 Å². The lowest BCUT2D eigenvalue weighted by Crippen LogP contribution is -2.01. The average Bonchev–Trinajstić information content (AvgIpc) is 2.72. The largest absolute Gasteiger partial charge is 0.329 e. The Morgan fingerprint density at radius 1 is 1.06 bits per heavy atom. The SMILES string of the molecule is O=c1cc(-c2cc3ccccc3s2)cc[nH]1. The second kappa shape index (κ2) is 3.61. The summed E-state index contributed by atoms with van der Waals surface area (Å²) in [5.41, 5.74) is 0.917. The first-order chi connectivity index (χ1) is 7.83. The van der Waals surface area contributed by atoms with E-state index in [-0.39, 0.29) is 5.56 Å². The van der Waals surface area contributed by atoms with E-state index in [2.05, 4.69) is 23.2 Å². The van der Waals surface area contributed by atoms with E-state index in [0.717, 1.165) is 10.4 Å². The summed E-state index contributed by atoms with van der Waals surface area (Å²) in [7, 11) is 0.